The summed E-state index contributed by atoms with van der Waals surface area (Å²) in [5.41, 5.74) is -0.781. The average molecular weight is 295 g/mol. The fourth-order valence-electron chi connectivity index (χ4n) is 1.51. The monoisotopic (exact) mass is 294 g/mol. The third kappa shape index (κ3) is 2.67. The van der Waals surface area contributed by atoms with E-state index < -0.39 is 16.6 Å². The molecule has 0 aliphatic heterocycles. The number of nitro groups is 1. The molecule has 7 nitrogen and oxygen atoms in total. The molecule has 2 rings (SSSR count). The van der Waals surface area contributed by atoms with Crippen LogP contribution < -0.4 is 4.74 Å². The van der Waals surface area contributed by atoms with Crippen molar-refractivity contribution in [3.8, 4) is 11.5 Å². The zero-order chi connectivity index (χ0) is 14.7. The third-order valence-corrected chi connectivity index (χ3v) is 2.63. The third-order valence-electron chi connectivity index (χ3n) is 2.33. The Morgan fingerprint density at radius 3 is 2.65 bits per heavy atom. The van der Waals surface area contributed by atoms with Gasteiger partial charge in [0, 0.05) is 6.20 Å². The van der Waals surface area contributed by atoms with Crippen molar-refractivity contribution >= 4 is 23.3 Å². The van der Waals surface area contributed by atoms with Crippen molar-refractivity contribution in [3.05, 3.63) is 57.4 Å². The number of nitro benzene ring substituents is 1. The number of nitrogens with zero attached hydrogens (tertiary/aromatic N) is 2. The second kappa shape index (κ2) is 5.54. The summed E-state index contributed by atoms with van der Waals surface area (Å²) in [5, 5.41) is 19.8. The number of aromatic nitrogens is 1. The first-order valence-corrected chi connectivity index (χ1v) is 5.67. The van der Waals surface area contributed by atoms with E-state index in [9.17, 15) is 14.9 Å². The number of halogens is 1. The van der Waals surface area contributed by atoms with E-state index in [1.165, 1.54) is 36.5 Å². The Morgan fingerprint density at radius 1 is 1.30 bits per heavy atom. The number of carboxylic acid groups (broad SMARTS) is 1. The number of pyridine rings is 1. The highest BCUT2D eigenvalue weighted by Gasteiger charge is 2.22. The average Bonchev–Trinajstić information content (AvgIpc) is 2.38. The fourth-order valence-corrected chi connectivity index (χ4v) is 1.74. The number of hydrogen-bond donors (Lipinski definition) is 1. The van der Waals surface area contributed by atoms with Crippen LogP contribution in [0.25, 0.3) is 0 Å². The van der Waals surface area contributed by atoms with E-state index >= 15 is 0 Å². The smallest absolute Gasteiger partial charge is 0.358 e. The van der Waals surface area contributed by atoms with Crippen molar-refractivity contribution < 1.29 is 19.6 Å². The van der Waals surface area contributed by atoms with Gasteiger partial charge in [-0.15, -0.1) is 0 Å². The molecule has 0 aliphatic carbocycles. The first-order chi connectivity index (χ1) is 9.50. The SMILES string of the molecule is O=C(O)c1ncccc1Oc1cccc(Cl)c1[N+](=O)[O-]. The van der Waals surface area contributed by atoms with Crippen molar-refractivity contribution in [2.45, 2.75) is 0 Å². The van der Waals surface area contributed by atoms with Crippen LogP contribution in [0.1, 0.15) is 10.5 Å². The maximum atomic E-state index is 11.0. The number of carboxylic acids is 1. The van der Waals surface area contributed by atoms with Gasteiger partial charge in [0.25, 0.3) is 0 Å². The van der Waals surface area contributed by atoms with Crippen LogP contribution in [0.3, 0.4) is 0 Å². The number of para-hydroxylation sites is 1. The maximum Gasteiger partial charge on any atom is 0.358 e. The number of ether oxygens (including phenoxy) is 1. The van der Waals surface area contributed by atoms with Gasteiger partial charge in [0.2, 0.25) is 5.75 Å². The standard InChI is InChI=1S/C12H7ClN2O5/c13-7-3-1-4-9(11(7)15(18)19)20-8-5-2-6-14-10(8)12(16)17/h1-6H,(H,16,17). The molecule has 0 saturated heterocycles. The summed E-state index contributed by atoms with van der Waals surface area (Å²) >= 11 is 5.74. The Hall–Kier alpha value is -2.67. The molecule has 1 aromatic carbocycles. The molecule has 1 aromatic heterocycles. The molecule has 1 heterocycles. The van der Waals surface area contributed by atoms with Gasteiger partial charge in [-0.25, -0.2) is 9.78 Å². The molecule has 0 spiro atoms. The van der Waals surface area contributed by atoms with Crippen LogP contribution in [0, 0.1) is 10.1 Å². The zero-order valence-corrected chi connectivity index (χ0v) is 10.6. The van der Waals surface area contributed by atoms with Gasteiger partial charge in [0.1, 0.15) is 5.02 Å². The van der Waals surface area contributed by atoms with Gasteiger partial charge in [-0.1, -0.05) is 17.7 Å². The van der Waals surface area contributed by atoms with Gasteiger partial charge in [0.15, 0.2) is 11.4 Å². The molecule has 1 N–H and O–H groups in total. The number of benzene rings is 1. The number of hydrogen-bond acceptors (Lipinski definition) is 5. The lowest BCUT2D eigenvalue weighted by Crippen LogP contribution is -2.03. The van der Waals surface area contributed by atoms with Crippen LogP contribution in [0.15, 0.2) is 36.5 Å². The molecule has 0 bridgehead atoms. The van der Waals surface area contributed by atoms with Gasteiger partial charge in [-0.05, 0) is 24.3 Å². The first kappa shape index (κ1) is 13.8. The highest BCUT2D eigenvalue weighted by atomic mass is 35.5. The normalized spacial score (nSPS) is 10.1. The van der Waals surface area contributed by atoms with Crippen LogP contribution in [0.4, 0.5) is 5.69 Å². The second-order valence-electron chi connectivity index (χ2n) is 3.60. The second-order valence-corrected chi connectivity index (χ2v) is 4.01. The number of rotatable bonds is 4. The summed E-state index contributed by atoms with van der Waals surface area (Å²) in [6.45, 7) is 0. The van der Waals surface area contributed by atoms with E-state index in [4.69, 9.17) is 21.4 Å². The summed E-state index contributed by atoms with van der Waals surface area (Å²) in [7, 11) is 0. The molecule has 0 fully saturated rings. The Balaban J connectivity index is 2.49. The Labute approximate surface area is 117 Å². The van der Waals surface area contributed by atoms with Gasteiger partial charge in [-0.3, -0.25) is 10.1 Å². The van der Waals surface area contributed by atoms with Gasteiger partial charge >= 0.3 is 11.7 Å². The molecule has 0 aliphatic rings. The van der Waals surface area contributed by atoms with Crippen LogP contribution >= 0.6 is 11.6 Å². The van der Waals surface area contributed by atoms with E-state index in [1.807, 2.05) is 0 Å². The van der Waals surface area contributed by atoms with E-state index in [0.717, 1.165) is 0 Å². The van der Waals surface area contributed by atoms with Crippen molar-refractivity contribution in [1.82, 2.24) is 4.98 Å². The highest BCUT2D eigenvalue weighted by Crippen LogP contribution is 2.37. The number of aromatic carboxylic acids is 1. The molecular formula is C12H7ClN2O5. The molecule has 0 amide bonds. The quantitative estimate of drug-likeness (QED) is 0.686. The van der Waals surface area contributed by atoms with Crippen molar-refractivity contribution in [1.29, 1.82) is 0 Å². The van der Waals surface area contributed by atoms with Gasteiger partial charge in [-0.2, -0.15) is 0 Å². The Kier molecular flexibility index (Phi) is 3.81. The molecule has 20 heavy (non-hydrogen) atoms. The largest absolute Gasteiger partial charge is 0.476 e. The van der Waals surface area contributed by atoms with Gasteiger partial charge in [0.05, 0.1) is 4.92 Å². The topological polar surface area (TPSA) is 103 Å². The van der Waals surface area contributed by atoms with Crippen molar-refractivity contribution in [3.63, 3.8) is 0 Å². The maximum absolute atomic E-state index is 11.0. The molecule has 0 unspecified atom stereocenters. The summed E-state index contributed by atoms with van der Waals surface area (Å²) in [6.07, 6.45) is 1.28. The number of carbonyl (C=O) groups is 1. The predicted molar refractivity (Wildman–Crippen MR) is 69.4 cm³/mol. The minimum atomic E-state index is -1.30. The molecule has 0 saturated carbocycles. The van der Waals surface area contributed by atoms with Crippen molar-refractivity contribution in [2.24, 2.45) is 0 Å². The fraction of sp³-hybridized carbons (Fsp3) is 0. The highest BCUT2D eigenvalue weighted by molar-refractivity contribution is 6.32. The summed E-state index contributed by atoms with van der Waals surface area (Å²) in [4.78, 5) is 24.9. The van der Waals surface area contributed by atoms with Crippen LogP contribution in [-0.2, 0) is 0 Å². The van der Waals surface area contributed by atoms with E-state index in [1.54, 1.807) is 0 Å². The molecule has 0 atom stereocenters. The predicted octanol–water partition coefficient (Wildman–Crippen LogP) is 3.13. The van der Waals surface area contributed by atoms with Crippen LogP contribution in [-0.4, -0.2) is 21.0 Å². The van der Waals surface area contributed by atoms with E-state index in [2.05, 4.69) is 4.98 Å². The molecule has 0 radical (unpaired) electrons. The lowest BCUT2D eigenvalue weighted by atomic mass is 10.3. The lowest BCUT2D eigenvalue weighted by molar-refractivity contribution is -0.385. The lowest BCUT2D eigenvalue weighted by Gasteiger charge is -2.08. The summed E-state index contributed by atoms with van der Waals surface area (Å²) in [5.74, 6) is -1.56. The minimum Gasteiger partial charge on any atom is -0.476 e. The Bertz CT molecular complexity index is 689. The molecule has 8 heteroatoms. The molecule has 2 aromatic rings. The first-order valence-electron chi connectivity index (χ1n) is 5.29. The Morgan fingerprint density at radius 2 is 2.00 bits per heavy atom. The minimum absolute atomic E-state index is 0.103. The van der Waals surface area contributed by atoms with E-state index in [-0.39, 0.29) is 22.2 Å². The van der Waals surface area contributed by atoms with Crippen LogP contribution in [0.2, 0.25) is 5.02 Å². The van der Waals surface area contributed by atoms with Gasteiger partial charge < -0.3 is 9.84 Å². The van der Waals surface area contributed by atoms with Crippen LogP contribution in [0.5, 0.6) is 11.5 Å². The zero-order valence-electron chi connectivity index (χ0n) is 9.82. The molecular weight excluding hydrogens is 288 g/mol. The van der Waals surface area contributed by atoms with Crippen molar-refractivity contribution in [2.75, 3.05) is 0 Å². The summed E-state index contributed by atoms with van der Waals surface area (Å²) in [6, 6.07) is 6.93. The van der Waals surface area contributed by atoms with E-state index in [0.29, 0.717) is 0 Å². The molecule has 102 valence electrons. The summed E-state index contributed by atoms with van der Waals surface area (Å²) < 4.78 is 5.27.